The Morgan fingerprint density at radius 3 is 1.03 bits per heavy atom. The van der Waals surface area contributed by atoms with Gasteiger partial charge in [-0.25, -0.2) is 0 Å². The van der Waals surface area contributed by atoms with Crippen LogP contribution in [0.15, 0.2) is 24.3 Å². The fourth-order valence-corrected chi connectivity index (χ4v) is 19.9. The van der Waals surface area contributed by atoms with Crippen LogP contribution >= 0.6 is 21.6 Å². The van der Waals surface area contributed by atoms with Crippen molar-refractivity contribution >= 4 is 44.2 Å². The van der Waals surface area contributed by atoms with E-state index in [1.807, 2.05) is 21.6 Å². The molecule has 10 nitrogen and oxygen atoms in total. The van der Waals surface area contributed by atoms with E-state index in [2.05, 4.69) is 139 Å². The van der Waals surface area contributed by atoms with E-state index in [4.69, 9.17) is 13.6 Å². The first kappa shape index (κ1) is 106. The first-order chi connectivity index (χ1) is 52.1. The van der Waals surface area contributed by atoms with Gasteiger partial charge in [0.25, 0.3) is 0 Å². The zero-order chi connectivity index (χ0) is 79.4. The lowest BCUT2D eigenvalue weighted by molar-refractivity contribution is -0.144. The predicted molar refractivity (Wildman–Crippen MR) is 488 cm³/mol. The summed E-state index contributed by atoms with van der Waals surface area (Å²) >= 11 is 0. The number of ether oxygens (including phenoxy) is 1. The average Bonchev–Trinajstić information content (AvgIpc) is 0.823. The number of allylic oxidation sites excluding steroid dienone is 4. The van der Waals surface area contributed by atoms with Gasteiger partial charge in [0.15, 0.2) is 16.6 Å². The number of carbonyl (C=O) groups excluding carboxylic acids is 1. The van der Waals surface area contributed by atoms with Gasteiger partial charge < -0.3 is 28.7 Å². The van der Waals surface area contributed by atoms with Gasteiger partial charge in [0.2, 0.25) is 0 Å². The summed E-state index contributed by atoms with van der Waals surface area (Å²) in [6.45, 7) is 44.9. The molecule has 0 saturated carbocycles. The fourth-order valence-electron chi connectivity index (χ4n) is 14.9. The highest BCUT2D eigenvalue weighted by atomic mass is 33.1. The third kappa shape index (κ3) is 63.9. The van der Waals surface area contributed by atoms with Crippen molar-refractivity contribution in [3.63, 3.8) is 0 Å². The molecule has 0 aliphatic carbocycles. The maximum Gasteiger partial charge on any atom is 0.305 e. The Hall–Kier alpha value is -0.236. The van der Waals surface area contributed by atoms with Crippen molar-refractivity contribution in [3.8, 4) is 0 Å². The van der Waals surface area contributed by atoms with Crippen LogP contribution in [0.2, 0.25) is 36.3 Å². The van der Waals surface area contributed by atoms with Gasteiger partial charge in [-0.1, -0.05) is 346 Å². The molecule has 642 valence electrons. The molecule has 0 amide bonds. The van der Waals surface area contributed by atoms with Crippen LogP contribution in [0.4, 0.5) is 0 Å². The molecule has 0 bridgehead atoms. The highest BCUT2D eigenvalue weighted by molar-refractivity contribution is 8.76. The maximum atomic E-state index is 13.6. The maximum absolute atomic E-state index is 13.6. The van der Waals surface area contributed by atoms with Gasteiger partial charge in [0.05, 0.1) is 24.4 Å². The van der Waals surface area contributed by atoms with Gasteiger partial charge in [0, 0.05) is 76.8 Å². The van der Waals surface area contributed by atoms with Gasteiger partial charge in [-0.15, -0.1) is 0 Å². The van der Waals surface area contributed by atoms with Crippen LogP contribution in [0.25, 0.3) is 0 Å². The second-order valence-electron chi connectivity index (χ2n) is 36.9. The van der Waals surface area contributed by atoms with Crippen molar-refractivity contribution in [2.75, 3.05) is 96.6 Å². The number of nitrogens with zero attached hydrogens (tertiary/aromatic N) is 4. The monoisotopic (exact) mass is 1590 g/mol. The fraction of sp³-hybridized carbons (Fsp3) is 0.947. The minimum absolute atomic E-state index is 0.0594. The number of esters is 1. The number of hydrogen-bond acceptors (Lipinski definition) is 12. The van der Waals surface area contributed by atoms with Crippen LogP contribution in [0.3, 0.4) is 0 Å². The molecule has 2 N–H and O–H groups in total. The summed E-state index contributed by atoms with van der Waals surface area (Å²) in [7, 11) is -0.0720. The van der Waals surface area contributed by atoms with E-state index < -0.39 is 16.6 Å². The number of unbranched alkanes of at least 4 members (excludes halogenated alkanes) is 40. The van der Waals surface area contributed by atoms with E-state index in [-0.39, 0.29) is 40.5 Å². The third-order valence-corrected chi connectivity index (χ3v) is 35.9. The summed E-state index contributed by atoms with van der Waals surface area (Å²) in [5, 5.41) is 22.6. The number of aliphatic hydroxyl groups is 2. The topological polar surface area (TPSA) is 98.2 Å². The van der Waals surface area contributed by atoms with E-state index in [9.17, 15) is 15.0 Å². The van der Waals surface area contributed by atoms with Crippen LogP contribution in [0, 0.1) is 0 Å². The minimum Gasteiger partial charge on any atom is -0.464 e. The summed E-state index contributed by atoms with van der Waals surface area (Å²) in [6, 6.07) is 0. The van der Waals surface area contributed by atoms with E-state index in [0.717, 1.165) is 123 Å². The van der Waals surface area contributed by atoms with Crippen LogP contribution in [-0.2, 0) is 18.4 Å². The lowest BCUT2D eigenvalue weighted by atomic mass is 10.0. The quantitative estimate of drug-likeness (QED) is 0.0200. The van der Waals surface area contributed by atoms with Crippen molar-refractivity contribution in [2.45, 2.75) is 477 Å². The standard InChI is InChI=1S/C94H190N4O6S2Si2/c1-15-19-23-27-31-35-39-41-43-45-49-53-57-61-70-90(103-107(11,12)93(5,6)7)86-98(87-91(104-108(13,14)94(8,9)10)71-62-58-54-50-46-44-42-40-36-32-28-24-20-16-2)75-67-72-92(101)102-81-80-96-78-76-95(77-79-96)73-63-65-82-105-106-83-66-64-74-97(84-88(99)68-59-55-51-47-37-33-29-25-21-17-3)85-89(100)69-60-56-52-48-38-34-30-26-22-18-4/h41-44,88-91,99-100H,15-40,45-87H2,1-14H3/b43-41-,44-42-. The molecule has 1 aliphatic heterocycles. The average molecular weight is 1590 g/mol. The first-order valence-corrected chi connectivity index (χ1v) is 55.7. The number of rotatable bonds is 80. The zero-order valence-corrected chi connectivity index (χ0v) is 78.7. The van der Waals surface area contributed by atoms with Crippen molar-refractivity contribution in [1.29, 1.82) is 0 Å². The Bertz CT molecular complexity index is 1900. The summed E-state index contributed by atoms with van der Waals surface area (Å²) in [4.78, 5) is 23.8. The molecule has 0 aromatic heterocycles. The van der Waals surface area contributed by atoms with Gasteiger partial charge in [0.1, 0.15) is 6.61 Å². The van der Waals surface area contributed by atoms with Crippen LogP contribution in [0.5, 0.6) is 0 Å². The van der Waals surface area contributed by atoms with Crippen molar-refractivity contribution in [3.05, 3.63) is 24.3 Å². The van der Waals surface area contributed by atoms with Crippen molar-refractivity contribution in [1.82, 2.24) is 19.6 Å². The summed E-state index contributed by atoms with van der Waals surface area (Å²) < 4.78 is 21.0. The number of aliphatic hydroxyl groups excluding tert-OH is 2. The number of carbonyl (C=O) groups is 1. The second kappa shape index (κ2) is 72.0. The Morgan fingerprint density at radius 1 is 0.380 bits per heavy atom. The predicted octanol–water partition coefficient (Wildman–Crippen LogP) is 27.9. The smallest absolute Gasteiger partial charge is 0.305 e. The molecule has 1 aliphatic rings. The SMILES string of the molecule is CCCCCCCC/C=C\CCCCCCC(CN(CCCC(=O)OCCN1CCN(CCCCSSCCCCN(CC(O)CCCCCCCCCCCC)CC(O)CCCCCCCCCCCC)CC1)CC(CCCCCC/C=C\CCCCCCCC)O[Si](C)(C)C(C)(C)C)O[Si](C)(C)C(C)(C)C. The normalized spacial score (nSPS) is 15.1. The molecule has 1 fully saturated rings. The van der Waals surface area contributed by atoms with Gasteiger partial charge in [-0.05, 0) is 165 Å². The molecule has 0 spiro atoms. The second-order valence-corrected chi connectivity index (χ2v) is 49.1. The summed E-state index contributed by atoms with van der Waals surface area (Å²) in [5.41, 5.74) is 0. The van der Waals surface area contributed by atoms with E-state index in [1.165, 1.54) is 295 Å². The number of hydrogen-bond donors (Lipinski definition) is 2. The molecule has 1 heterocycles. The summed E-state index contributed by atoms with van der Waals surface area (Å²) in [6.07, 6.45) is 77.0. The molecular weight excluding hydrogens is 1400 g/mol. The largest absolute Gasteiger partial charge is 0.464 e. The van der Waals surface area contributed by atoms with Gasteiger partial charge in [-0.2, -0.15) is 0 Å². The Kier molecular flexibility index (Phi) is 70.5. The Morgan fingerprint density at radius 2 is 0.676 bits per heavy atom. The molecule has 4 unspecified atom stereocenters. The third-order valence-electron chi connectivity index (χ3n) is 24.2. The zero-order valence-electron chi connectivity index (χ0n) is 75.0. The molecule has 0 aromatic rings. The highest BCUT2D eigenvalue weighted by Crippen LogP contribution is 2.40. The molecule has 4 atom stereocenters. The first-order valence-electron chi connectivity index (χ1n) is 47.4. The molecular formula is C94H190N4O6S2Si2. The molecule has 1 saturated heterocycles. The molecule has 0 aromatic carbocycles. The van der Waals surface area contributed by atoms with E-state index in [1.54, 1.807) is 0 Å². The van der Waals surface area contributed by atoms with Crippen LogP contribution in [0.1, 0.15) is 416 Å². The van der Waals surface area contributed by atoms with E-state index >= 15 is 0 Å². The molecule has 14 heteroatoms. The minimum atomic E-state index is -2.08. The Labute approximate surface area is 685 Å². The van der Waals surface area contributed by atoms with Gasteiger partial charge in [-0.3, -0.25) is 19.5 Å². The van der Waals surface area contributed by atoms with Crippen LogP contribution in [-0.4, -0.2) is 173 Å². The lowest BCUT2D eigenvalue weighted by Gasteiger charge is -2.42. The molecule has 108 heavy (non-hydrogen) atoms. The van der Waals surface area contributed by atoms with Gasteiger partial charge >= 0.3 is 5.97 Å². The molecule has 0 radical (unpaired) electrons. The highest BCUT2D eigenvalue weighted by Gasteiger charge is 2.41. The molecule has 1 rings (SSSR count). The Balaban J connectivity index is 2.79. The lowest BCUT2D eigenvalue weighted by Crippen LogP contribution is -2.50. The van der Waals surface area contributed by atoms with Crippen LogP contribution < -0.4 is 0 Å². The summed E-state index contributed by atoms with van der Waals surface area (Å²) in [5.74, 6) is 2.30. The number of piperazine rings is 1. The van der Waals surface area contributed by atoms with Crippen molar-refractivity contribution < 1.29 is 28.6 Å². The van der Waals surface area contributed by atoms with Crippen molar-refractivity contribution in [2.24, 2.45) is 0 Å². The van der Waals surface area contributed by atoms with E-state index in [0.29, 0.717) is 26.1 Å².